The van der Waals surface area contributed by atoms with Crippen LogP contribution in [0.5, 0.6) is 11.8 Å². The average molecular weight is 235 g/mol. The summed E-state index contributed by atoms with van der Waals surface area (Å²) in [6, 6.07) is 4.06. The SMILES string of the molecule is Cn1cnc(Oc2ccc([N+](=O)[O-])cc2N)n1. The van der Waals surface area contributed by atoms with E-state index in [0.29, 0.717) is 0 Å². The van der Waals surface area contributed by atoms with Crippen molar-refractivity contribution in [3.05, 3.63) is 34.6 Å². The van der Waals surface area contributed by atoms with Crippen molar-refractivity contribution in [3.63, 3.8) is 0 Å². The molecule has 2 aromatic rings. The summed E-state index contributed by atoms with van der Waals surface area (Å²) < 4.78 is 6.74. The van der Waals surface area contributed by atoms with Crippen LogP contribution in [0, 0.1) is 10.1 Å². The van der Waals surface area contributed by atoms with Gasteiger partial charge in [0.2, 0.25) is 0 Å². The molecule has 1 heterocycles. The number of aryl methyl sites for hydroxylation is 1. The number of nitro benzene ring substituents is 1. The Morgan fingerprint density at radius 2 is 2.29 bits per heavy atom. The summed E-state index contributed by atoms with van der Waals surface area (Å²) in [5, 5.41) is 14.4. The van der Waals surface area contributed by atoms with Crippen LogP contribution in [0.15, 0.2) is 24.5 Å². The lowest BCUT2D eigenvalue weighted by atomic mass is 10.2. The summed E-state index contributed by atoms with van der Waals surface area (Å²) >= 11 is 0. The first-order valence-electron chi connectivity index (χ1n) is 4.63. The molecule has 0 saturated heterocycles. The molecule has 2 N–H and O–H groups in total. The molecule has 0 spiro atoms. The number of nitro groups is 1. The molecule has 0 bridgehead atoms. The summed E-state index contributed by atoms with van der Waals surface area (Å²) in [5.41, 5.74) is 5.69. The summed E-state index contributed by atoms with van der Waals surface area (Å²) in [4.78, 5) is 13.8. The van der Waals surface area contributed by atoms with Crippen molar-refractivity contribution in [1.82, 2.24) is 14.8 Å². The van der Waals surface area contributed by atoms with Crippen LogP contribution in [0.4, 0.5) is 11.4 Å². The van der Waals surface area contributed by atoms with E-state index in [0.717, 1.165) is 0 Å². The smallest absolute Gasteiger partial charge is 0.341 e. The molecular formula is C9H9N5O3. The minimum Gasteiger partial charge on any atom is -0.421 e. The van der Waals surface area contributed by atoms with Gasteiger partial charge in [-0.15, -0.1) is 5.10 Å². The molecule has 0 aliphatic rings. The van der Waals surface area contributed by atoms with Crippen LogP contribution in [0.1, 0.15) is 0 Å². The first-order chi connectivity index (χ1) is 8.06. The second kappa shape index (κ2) is 4.08. The van der Waals surface area contributed by atoms with Gasteiger partial charge >= 0.3 is 6.01 Å². The Bertz CT molecular complexity index is 566. The van der Waals surface area contributed by atoms with E-state index in [2.05, 4.69) is 10.1 Å². The van der Waals surface area contributed by atoms with E-state index in [1.807, 2.05) is 0 Å². The zero-order valence-electron chi connectivity index (χ0n) is 8.90. The second-order valence-corrected chi connectivity index (χ2v) is 3.28. The molecule has 2 rings (SSSR count). The van der Waals surface area contributed by atoms with Gasteiger partial charge in [0.15, 0.2) is 5.75 Å². The zero-order chi connectivity index (χ0) is 12.4. The lowest BCUT2D eigenvalue weighted by molar-refractivity contribution is -0.384. The van der Waals surface area contributed by atoms with E-state index >= 15 is 0 Å². The Kier molecular flexibility index (Phi) is 2.61. The molecular weight excluding hydrogens is 226 g/mol. The Labute approximate surface area is 95.8 Å². The first kappa shape index (κ1) is 10.9. The van der Waals surface area contributed by atoms with Crippen molar-refractivity contribution in [2.24, 2.45) is 7.05 Å². The maximum absolute atomic E-state index is 10.5. The van der Waals surface area contributed by atoms with Gasteiger partial charge in [0, 0.05) is 19.2 Å². The van der Waals surface area contributed by atoms with Gasteiger partial charge in [0.05, 0.1) is 10.6 Å². The highest BCUT2D eigenvalue weighted by Crippen LogP contribution is 2.28. The van der Waals surface area contributed by atoms with Crippen molar-refractivity contribution in [3.8, 4) is 11.8 Å². The Hall–Kier alpha value is -2.64. The summed E-state index contributed by atoms with van der Waals surface area (Å²) in [6.45, 7) is 0. The number of aromatic nitrogens is 3. The number of non-ortho nitro benzene ring substituents is 1. The topological polar surface area (TPSA) is 109 Å². The van der Waals surface area contributed by atoms with Crippen LogP contribution in [0.2, 0.25) is 0 Å². The lowest BCUT2D eigenvalue weighted by Gasteiger charge is -2.03. The maximum atomic E-state index is 10.5. The molecule has 0 amide bonds. The fraction of sp³-hybridized carbons (Fsp3) is 0.111. The van der Waals surface area contributed by atoms with Crippen molar-refractivity contribution in [2.75, 3.05) is 5.73 Å². The van der Waals surface area contributed by atoms with Crippen LogP contribution in [-0.2, 0) is 7.05 Å². The highest BCUT2D eigenvalue weighted by Gasteiger charge is 2.11. The van der Waals surface area contributed by atoms with Crippen molar-refractivity contribution < 1.29 is 9.66 Å². The molecule has 0 aliphatic heterocycles. The largest absolute Gasteiger partial charge is 0.421 e. The van der Waals surface area contributed by atoms with Crippen molar-refractivity contribution in [1.29, 1.82) is 0 Å². The molecule has 0 radical (unpaired) electrons. The summed E-state index contributed by atoms with van der Waals surface area (Å²) in [5.74, 6) is 0.279. The zero-order valence-corrected chi connectivity index (χ0v) is 8.90. The first-order valence-corrected chi connectivity index (χ1v) is 4.63. The molecule has 1 aromatic heterocycles. The standard InChI is InChI=1S/C9H9N5O3/c1-13-5-11-9(12-13)17-8-3-2-6(14(15)16)4-7(8)10/h2-5H,10H2,1H3. The number of nitrogens with two attached hydrogens (primary N) is 1. The molecule has 0 fully saturated rings. The van der Waals surface area contributed by atoms with Crippen molar-refractivity contribution >= 4 is 11.4 Å². The van der Waals surface area contributed by atoms with E-state index in [4.69, 9.17) is 10.5 Å². The monoisotopic (exact) mass is 235 g/mol. The van der Waals surface area contributed by atoms with Crippen LogP contribution < -0.4 is 10.5 Å². The molecule has 88 valence electrons. The second-order valence-electron chi connectivity index (χ2n) is 3.28. The van der Waals surface area contributed by atoms with Crippen LogP contribution in [0.3, 0.4) is 0 Å². The van der Waals surface area contributed by atoms with Gasteiger partial charge in [0.25, 0.3) is 5.69 Å². The van der Waals surface area contributed by atoms with Gasteiger partial charge in [-0.25, -0.2) is 0 Å². The van der Waals surface area contributed by atoms with Gasteiger partial charge in [-0.3, -0.25) is 14.8 Å². The minimum absolute atomic E-state index is 0.0937. The normalized spacial score (nSPS) is 10.2. The number of anilines is 1. The van der Waals surface area contributed by atoms with Gasteiger partial charge in [0.1, 0.15) is 6.33 Å². The van der Waals surface area contributed by atoms with E-state index in [1.54, 1.807) is 7.05 Å². The van der Waals surface area contributed by atoms with Crippen LogP contribution in [-0.4, -0.2) is 19.7 Å². The molecule has 0 aliphatic carbocycles. The fourth-order valence-corrected chi connectivity index (χ4v) is 1.21. The fourth-order valence-electron chi connectivity index (χ4n) is 1.21. The number of hydrogen-bond acceptors (Lipinski definition) is 6. The van der Waals surface area contributed by atoms with Gasteiger partial charge in [-0.1, -0.05) is 0 Å². The molecule has 8 nitrogen and oxygen atoms in total. The number of ether oxygens (including phenoxy) is 1. The van der Waals surface area contributed by atoms with E-state index < -0.39 is 4.92 Å². The third-order valence-corrected chi connectivity index (χ3v) is 1.98. The molecule has 1 aromatic carbocycles. The summed E-state index contributed by atoms with van der Waals surface area (Å²) in [6.07, 6.45) is 1.47. The molecule has 0 saturated carbocycles. The number of nitrogen functional groups attached to an aromatic ring is 1. The van der Waals surface area contributed by atoms with Crippen LogP contribution in [0.25, 0.3) is 0 Å². The van der Waals surface area contributed by atoms with Crippen LogP contribution >= 0.6 is 0 Å². The number of benzene rings is 1. The Morgan fingerprint density at radius 1 is 1.53 bits per heavy atom. The Morgan fingerprint density at radius 3 is 2.82 bits per heavy atom. The number of hydrogen-bond donors (Lipinski definition) is 1. The predicted octanol–water partition coefficient (Wildman–Crippen LogP) is 1.10. The maximum Gasteiger partial charge on any atom is 0.341 e. The third kappa shape index (κ3) is 2.30. The van der Waals surface area contributed by atoms with Crippen molar-refractivity contribution in [2.45, 2.75) is 0 Å². The third-order valence-electron chi connectivity index (χ3n) is 1.98. The molecule has 17 heavy (non-hydrogen) atoms. The van der Waals surface area contributed by atoms with Gasteiger partial charge in [-0.2, -0.15) is 4.98 Å². The van der Waals surface area contributed by atoms with E-state index in [9.17, 15) is 10.1 Å². The van der Waals surface area contributed by atoms with E-state index in [-0.39, 0.29) is 23.1 Å². The summed E-state index contributed by atoms with van der Waals surface area (Å²) in [7, 11) is 1.69. The van der Waals surface area contributed by atoms with Gasteiger partial charge < -0.3 is 10.5 Å². The number of rotatable bonds is 3. The highest BCUT2D eigenvalue weighted by atomic mass is 16.6. The minimum atomic E-state index is -0.529. The molecule has 0 atom stereocenters. The lowest BCUT2D eigenvalue weighted by Crippen LogP contribution is -1.96. The predicted molar refractivity (Wildman–Crippen MR) is 58.6 cm³/mol. The molecule has 0 unspecified atom stereocenters. The molecule has 8 heteroatoms. The van der Waals surface area contributed by atoms with Gasteiger partial charge in [-0.05, 0) is 6.07 Å². The average Bonchev–Trinajstić information content (AvgIpc) is 2.67. The van der Waals surface area contributed by atoms with E-state index in [1.165, 1.54) is 29.2 Å². The quantitative estimate of drug-likeness (QED) is 0.484. The highest BCUT2D eigenvalue weighted by molar-refractivity contribution is 5.58. The Balaban J connectivity index is 2.25. The number of nitrogens with zero attached hydrogens (tertiary/aromatic N) is 4.